The van der Waals surface area contributed by atoms with E-state index in [2.05, 4.69) is 5.32 Å². The standard InChI is InChI=1S/C19H25NO5/c1-3-24-16-8-14-6-11(2)25-17(14)9-15(16)10-20-18(21)12-4-5-13(7-12)19(22)23/h8-9,11-13H,3-7,10H2,1-2H3,(H,20,21)(H,22,23)/t11?,12-,13+/m1/s1. The Bertz CT molecular complexity index is 672. The molecule has 2 N–H and O–H groups in total. The number of fused-ring (bicyclic) bond motifs is 1. The van der Waals surface area contributed by atoms with E-state index in [1.165, 1.54) is 0 Å². The van der Waals surface area contributed by atoms with Crippen molar-refractivity contribution in [1.82, 2.24) is 5.32 Å². The molecule has 1 heterocycles. The van der Waals surface area contributed by atoms with Gasteiger partial charge in [0.15, 0.2) is 0 Å². The number of carboxylic acid groups (broad SMARTS) is 1. The first-order valence-corrected chi connectivity index (χ1v) is 8.93. The van der Waals surface area contributed by atoms with Crippen LogP contribution in [0.1, 0.15) is 44.2 Å². The Hall–Kier alpha value is -2.24. The van der Waals surface area contributed by atoms with Crippen molar-refractivity contribution in [3.8, 4) is 11.5 Å². The summed E-state index contributed by atoms with van der Waals surface area (Å²) in [5.74, 6) is 0.118. The molecule has 1 fully saturated rings. The average molecular weight is 347 g/mol. The number of carbonyl (C=O) groups excluding carboxylic acids is 1. The number of rotatable bonds is 6. The van der Waals surface area contributed by atoms with Gasteiger partial charge < -0.3 is 19.9 Å². The first-order valence-electron chi connectivity index (χ1n) is 8.93. The first-order chi connectivity index (χ1) is 12.0. The van der Waals surface area contributed by atoms with E-state index in [9.17, 15) is 9.59 Å². The van der Waals surface area contributed by atoms with Crippen LogP contribution >= 0.6 is 0 Å². The summed E-state index contributed by atoms with van der Waals surface area (Å²) in [5.41, 5.74) is 2.02. The minimum Gasteiger partial charge on any atom is -0.494 e. The highest BCUT2D eigenvalue weighted by Crippen LogP contribution is 2.35. The van der Waals surface area contributed by atoms with Gasteiger partial charge in [-0.05, 0) is 45.2 Å². The Kier molecular flexibility index (Phi) is 5.16. The molecule has 1 amide bonds. The number of benzene rings is 1. The van der Waals surface area contributed by atoms with Crippen molar-refractivity contribution in [3.05, 3.63) is 23.3 Å². The number of nitrogens with one attached hydrogen (secondary N) is 1. The number of carbonyl (C=O) groups is 2. The molecular weight excluding hydrogens is 322 g/mol. The van der Waals surface area contributed by atoms with E-state index in [1.807, 2.05) is 26.0 Å². The van der Waals surface area contributed by atoms with Crippen molar-refractivity contribution in [2.75, 3.05) is 6.61 Å². The maximum absolute atomic E-state index is 12.4. The maximum Gasteiger partial charge on any atom is 0.306 e. The molecular formula is C19H25NO5. The molecule has 0 aromatic heterocycles. The van der Waals surface area contributed by atoms with E-state index in [0.29, 0.717) is 32.4 Å². The van der Waals surface area contributed by atoms with Gasteiger partial charge in [-0.2, -0.15) is 0 Å². The Morgan fingerprint density at radius 1 is 1.32 bits per heavy atom. The van der Waals surface area contributed by atoms with Crippen molar-refractivity contribution in [3.63, 3.8) is 0 Å². The molecule has 0 bridgehead atoms. The molecule has 136 valence electrons. The fourth-order valence-electron chi connectivity index (χ4n) is 3.68. The predicted octanol–water partition coefficient (Wildman–Crippen LogP) is 2.53. The van der Waals surface area contributed by atoms with Crippen LogP contribution in [0.5, 0.6) is 11.5 Å². The summed E-state index contributed by atoms with van der Waals surface area (Å²) in [6, 6.07) is 3.94. The monoisotopic (exact) mass is 347 g/mol. The highest BCUT2D eigenvalue weighted by Gasteiger charge is 2.33. The van der Waals surface area contributed by atoms with Crippen LogP contribution in [0.2, 0.25) is 0 Å². The van der Waals surface area contributed by atoms with Crippen molar-refractivity contribution >= 4 is 11.9 Å². The smallest absolute Gasteiger partial charge is 0.306 e. The van der Waals surface area contributed by atoms with Crippen molar-refractivity contribution in [1.29, 1.82) is 0 Å². The first kappa shape index (κ1) is 17.6. The minimum absolute atomic E-state index is 0.0824. The van der Waals surface area contributed by atoms with Gasteiger partial charge >= 0.3 is 5.97 Å². The summed E-state index contributed by atoms with van der Waals surface area (Å²) in [6.45, 7) is 4.87. The van der Waals surface area contributed by atoms with Gasteiger partial charge in [-0.15, -0.1) is 0 Å². The molecule has 2 aliphatic rings. The van der Waals surface area contributed by atoms with Crippen LogP contribution in [0.25, 0.3) is 0 Å². The Balaban J connectivity index is 1.65. The normalized spacial score (nSPS) is 24.5. The van der Waals surface area contributed by atoms with Gasteiger partial charge in [0.05, 0.1) is 12.5 Å². The summed E-state index contributed by atoms with van der Waals surface area (Å²) in [4.78, 5) is 23.4. The third-order valence-corrected chi connectivity index (χ3v) is 4.98. The second-order valence-electron chi connectivity index (χ2n) is 6.90. The van der Waals surface area contributed by atoms with Gasteiger partial charge in [-0.25, -0.2) is 0 Å². The fourth-order valence-corrected chi connectivity index (χ4v) is 3.68. The van der Waals surface area contributed by atoms with Crippen molar-refractivity contribution in [2.45, 2.75) is 52.2 Å². The van der Waals surface area contributed by atoms with E-state index in [0.717, 1.165) is 29.0 Å². The van der Waals surface area contributed by atoms with Crippen LogP contribution in [0.4, 0.5) is 0 Å². The molecule has 3 rings (SSSR count). The molecule has 1 saturated carbocycles. The van der Waals surface area contributed by atoms with Gasteiger partial charge in [0, 0.05) is 30.0 Å². The molecule has 1 aromatic carbocycles. The topological polar surface area (TPSA) is 84.9 Å². The number of aliphatic carboxylic acids is 1. The third kappa shape index (κ3) is 3.89. The molecule has 1 aliphatic heterocycles. The average Bonchev–Trinajstić information content (AvgIpc) is 3.18. The lowest BCUT2D eigenvalue weighted by Crippen LogP contribution is -2.29. The third-order valence-electron chi connectivity index (χ3n) is 4.98. The zero-order valence-electron chi connectivity index (χ0n) is 14.7. The van der Waals surface area contributed by atoms with Gasteiger partial charge in [0.2, 0.25) is 5.91 Å². The number of hydrogen-bond acceptors (Lipinski definition) is 4. The van der Waals surface area contributed by atoms with Crippen LogP contribution in [-0.4, -0.2) is 29.7 Å². The van der Waals surface area contributed by atoms with E-state index in [4.69, 9.17) is 14.6 Å². The van der Waals surface area contributed by atoms with Crippen LogP contribution in [-0.2, 0) is 22.6 Å². The molecule has 0 radical (unpaired) electrons. The second-order valence-corrected chi connectivity index (χ2v) is 6.90. The van der Waals surface area contributed by atoms with Gasteiger partial charge in [0.25, 0.3) is 0 Å². The zero-order valence-corrected chi connectivity index (χ0v) is 14.7. The Morgan fingerprint density at radius 2 is 2.08 bits per heavy atom. The van der Waals surface area contributed by atoms with Gasteiger partial charge in [-0.1, -0.05) is 0 Å². The van der Waals surface area contributed by atoms with Crippen molar-refractivity contribution in [2.24, 2.45) is 11.8 Å². The van der Waals surface area contributed by atoms with Crippen LogP contribution in [0.3, 0.4) is 0 Å². The Labute approximate surface area is 147 Å². The summed E-state index contributed by atoms with van der Waals surface area (Å²) < 4.78 is 11.5. The fraction of sp³-hybridized carbons (Fsp3) is 0.579. The molecule has 25 heavy (non-hydrogen) atoms. The number of ether oxygens (including phenoxy) is 2. The van der Waals surface area contributed by atoms with Crippen molar-refractivity contribution < 1.29 is 24.2 Å². The number of amides is 1. The van der Waals surface area contributed by atoms with Crippen LogP contribution in [0.15, 0.2) is 12.1 Å². The molecule has 1 aromatic rings. The Morgan fingerprint density at radius 3 is 2.76 bits per heavy atom. The highest BCUT2D eigenvalue weighted by molar-refractivity contribution is 5.80. The van der Waals surface area contributed by atoms with E-state index < -0.39 is 11.9 Å². The predicted molar refractivity (Wildman–Crippen MR) is 91.7 cm³/mol. The van der Waals surface area contributed by atoms with Crippen LogP contribution < -0.4 is 14.8 Å². The van der Waals surface area contributed by atoms with E-state index in [1.54, 1.807) is 0 Å². The molecule has 3 atom stereocenters. The highest BCUT2D eigenvalue weighted by atomic mass is 16.5. The summed E-state index contributed by atoms with van der Waals surface area (Å²) in [6.07, 6.45) is 2.64. The van der Waals surface area contributed by atoms with E-state index in [-0.39, 0.29) is 17.9 Å². The largest absolute Gasteiger partial charge is 0.494 e. The minimum atomic E-state index is -0.807. The summed E-state index contributed by atoms with van der Waals surface area (Å²) in [5, 5.41) is 12.0. The molecule has 6 heteroatoms. The lowest BCUT2D eigenvalue weighted by molar-refractivity contribution is -0.141. The number of hydrogen-bond donors (Lipinski definition) is 2. The molecule has 1 aliphatic carbocycles. The molecule has 0 spiro atoms. The molecule has 1 unspecified atom stereocenters. The molecule has 0 saturated heterocycles. The second kappa shape index (κ2) is 7.33. The lowest BCUT2D eigenvalue weighted by atomic mass is 10.0. The van der Waals surface area contributed by atoms with Crippen LogP contribution in [0, 0.1) is 11.8 Å². The number of carboxylic acids is 1. The quantitative estimate of drug-likeness (QED) is 0.826. The summed E-state index contributed by atoms with van der Waals surface area (Å²) >= 11 is 0. The van der Waals surface area contributed by atoms with E-state index >= 15 is 0 Å². The lowest BCUT2D eigenvalue weighted by Gasteiger charge is -2.15. The zero-order chi connectivity index (χ0) is 18.0. The summed E-state index contributed by atoms with van der Waals surface area (Å²) in [7, 11) is 0. The van der Waals surface area contributed by atoms with Gasteiger partial charge in [0.1, 0.15) is 17.6 Å². The SMILES string of the molecule is CCOc1cc2c(cc1CNC(=O)[C@@H]1CC[C@H](C(=O)O)C1)OC(C)C2. The maximum atomic E-state index is 12.4. The van der Waals surface area contributed by atoms with Gasteiger partial charge in [-0.3, -0.25) is 9.59 Å². The molecule has 6 nitrogen and oxygen atoms in total.